The molecule has 4 heteroatoms. The van der Waals surface area contributed by atoms with Gasteiger partial charge < -0.3 is 15.2 Å². The Labute approximate surface area is 253 Å². The molecule has 2 N–H and O–H groups in total. The van der Waals surface area contributed by atoms with E-state index >= 15 is 0 Å². The fraction of sp³-hybridized carbons (Fsp3) is 0.919. The summed E-state index contributed by atoms with van der Waals surface area (Å²) in [7, 11) is 0. The van der Waals surface area contributed by atoms with Gasteiger partial charge in [-0.2, -0.15) is 0 Å². The number of ether oxygens (including phenoxy) is 1. The van der Waals surface area contributed by atoms with Crippen LogP contribution in [0.4, 0.5) is 0 Å². The van der Waals surface area contributed by atoms with Crippen LogP contribution in [0.1, 0.15) is 144 Å². The second kappa shape index (κ2) is 15.2. The molecule has 0 aromatic carbocycles. The highest BCUT2D eigenvalue weighted by atomic mass is 16.5. The van der Waals surface area contributed by atoms with Crippen LogP contribution in [0.2, 0.25) is 0 Å². The molecule has 4 rings (SSSR count). The van der Waals surface area contributed by atoms with Gasteiger partial charge in [0, 0.05) is 19.4 Å². The lowest BCUT2D eigenvalue weighted by atomic mass is 9.47. The fourth-order valence-electron chi connectivity index (χ4n) is 10.2. The smallest absolute Gasteiger partial charge is 0.306 e. The van der Waals surface area contributed by atoms with Gasteiger partial charge in [0.05, 0.1) is 0 Å². The van der Waals surface area contributed by atoms with E-state index in [1.54, 1.807) is 5.57 Å². The number of carbonyl (C=O) groups excluding carboxylic acids is 1. The largest absolute Gasteiger partial charge is 0.462 e. The molecule has 41 heavy (non-hydrogen) atoms. The monoisotopic (exact) mass is 571 g/mol. The SMILES string of the molecule is CC(C)CCCC(C)C1CCC2C3CC=C4CC(OC(=O)CCCCCNCCCCO)CCC4(C)C3CCC12C. The molecule has 4 nitrogen and oxygen atoms in total. The first kappa shape index (κ1) is 33.0. The van der Waals surface area contributed by atoms with Crippen LogP contribution >= 0.6 is 0 Å². The van der Waals surface area contributed by atoms with Crippen LogP contribution in [0.25, 0.3) is 0 Å². The topological polar surface area (TPSA) is 58.6 Å². The van der Waals surface area contributed by atoms with Gasteiger partial charge in [-0.3, -0.25) is 4.79 Å². The van der Waals surface area contributed by atoms with E-state index < -0.39 is 0 Å². The predicted octanol–water partition coefficient (Wildman–Crippen LogP) is 8.86. The number of allylic oxidation sites excluding steroid dienone is 1. The molecule has 4 aliphatic rings. The zero-order chi connectivity index (χ0) is 29.5. The number of hydrogen-bond acceptors (Lipinski definition) is 4. The highest BCUT2D eigenvalue weighted by Gasteiger charge is 2.59. The Kier molecular flexibility index (Phi) is 12.3. The minimum atomic E-state index is 0.0109. The van der Waals surface area contributed by atoms with Crippen molar-refractivity contribution in [2.24, 2.45) is 46.3 Å². The average molecular weight is 572 g/mol. The Morgan fingerprint density at radius 1 is 0.951 bits per heavy atom. The van der Waals surface area contributed by atoms with Crippen LogP contribution in [0, 0.1) is 46.3 Å². The number of carbonyl (C=O) groups is 1. The lowest BCUT2D eigenvalue weighted by Crippen LogP contribution is -2.51. The molecule has 0 aliphatic heterocycles. The van der Waals surface area contributed by atoms with Crippen molar-refractivity contribution < 1.29 is 14.6 Å². The number of rotatable bonds is 16. The van der Waals surface area contributed by atoms with Crippen molar-refractivity contribution in [2.45, 2.75) is 150 Å². The van der Waals surface area contributed by atoms with E-state index in [1.807, 2.05) is 0 Å². The zero-order valence-corrected chi connectivity index (χ0v) is 27.5. The maximum absolute atomic E-state index is 12.7. The molecule has 236 valence electrons. The van der Waals surface area contributed by atoms with E-state index in [0.29, 0.717) is 17.3 Å². The second-order valence-electron chi connectivity index (χ2n) is 15.6. The molecule has 0 saturated heterocycles. The maximum atomic E-state index is 12.7. The Morgan fingerprint density at radius 3 is 2.49 bits per heavy atom. The minimum absolute atomic E-state index is 0.0109. The zero-order valence-electron chi connectivity index (χ0n) is 27.5. The average Bonchev–Trinajstić information content (AvgIpc) is 3.29. The standard InChI is InChI=1S/C37H65NO3/c1-27(2)12-11-13-28(3)32-17-18-33-31-16-15-29-26-30(19-21-36(29,4)34(31)20-22-37(32,33)5)41-35(40)14-7-6-8-23-38-24-9-10-25-39/h15,27-28,30-34,38-39H,6-14,16-26H2,1-5H3. The van der Waals surface area contributed by atoms with Gasteiger partial charge in [0.2, 0.25) is 0 Å². The summed E-state index contributed by atoms with van der Waals surface area (Å²) in [5, 5.41) is 12.3. The van der Waals surface area contributed by atoms with Crippen LogP contribution in [-0.4, -0.2) is 36.9 Å². The van der Waals surface area contributed by atoms with E-state index in [0.717, 1.165) is 93.5 Å². The van der Waals surface area contributed by atoms with Gasteiger partial charge in [-0.1, -0.05) is 72.0 Å². The van der Waals surface area contributed by atoms with E-state index in [4.69, 9.17) is 9.84 Å². The number of unbranched alkanes of at least 4 members (excludes halogenated alkanes) is 3. The van der Waals surface area contributed by atoms with Crippen molar-refractivity contribution >= 4 is 5.97 Å². The van der Waals surface area contributed by atoms with Gasteiger partial charge in [0.1, 0.15) is 6.10 Å². The molecule has 4 aliphatic carbocycles. The Hall–Kier alpha value is -0.870. The number of aliphatic hydroxyl groups excluding tert-OH is 1. The summed E-state index contributed by atoms with van der Waals surface area (Å²) in [5.74, 6) is 5.22. The molecule has 0 amide bonds. The van der Waals surface area contributed by atoms with Crippen LogP contribution in [0.5, 0.6) is 0 Å². The summed E-state index contributed by atoms with van der Waals surface area (Å²) in [6, 6.07) is 0. The Morgan fingerprint density at radius 2 is 1.73 bits per heavy atom. The number of aliphatic hydroxyl groups is 1. The van der Waals surface area contributed by atoms with E-state index in [-0.39, 0.29) is 18.7 Å². The van der Waals surface area contributed by atoms with E-state index in [9.17, 15) is 4.79 Å². The summed E-state index contributed by atoms with van der Waals surface area (Å²) >= 11 is 0. The van der Waals surface area contributed by atoms with Gasteiger partial charge in [-0.05, 0) is 130 Å². The van der Waals surface area contributed by atoms with E-state index in [1.165, 1.54) is 57.8 Å². The van der Waals surface area contributed by atoms with Crippen molar-refractivity contribution in [3.05, 3.63) is 11.6 Å². The number of nitrogens with one attached hydrogen (secondary N) is 1. The van der Waals surface area contributed by atoms with Crippen LogP contribution in [0.3, 0.4) is 0 Å². The second-order valence-corrected chi connectivity index (χ2v) is 15.6. The Bertz CT molecular complexity index is 853. The summed E-state index contributed by atoms with van der Waals surface area (Å²) in [6.45, 7) is 14.8. The fourth-order valence-corrected chi connectivity index (χ4v) is 10.2. The first-order chi connectivity index (χ1) is 19.7. The lowest BCUT2D eigenvalue weighted by molar-refractivity contribution is -0.151. The molecule has 0 bridgehead atoms. The molecule has 3 saturated carbocycles. The van der Waals surface area contributed by atoms with Crippen LogP contribution in [-0.2, 0) is 9.53 Å². The predicted molar refractivity (Wildman–Crippen MR) is 171 cm³/mol. The third-order valence-corrected chi connectivity index (χ3v) is 12.6. The highest BCUT2D eigenvalue weighted by Crippen LogP contribution is 2.67. The number of fused-ring (bicyclic) bond motifs is 5. The first-order valence-corrected chi connectivity index (χ1v) is 17.9. The molecule has 0 heterocycles. The molecule has 0 spiro atoms. The summed E-state index contributed by atoms with van der Waals surface area (Å²) < 4.78 is 6.05. The highest BCUT2D eigenvalue weighted by molar-refractivity contribution is 5.69. The van der Waals surface area contributed by atoms with Crippen LogP contribution < -0.4 is 5.32 Å². The van der Waals surface area contributed by atoms with Gasteiger partial charge in [-0.15, -0.1) is 0 Å². The molecule has 0 aromatic rings. The van der Waals surface area contributed by atoms with E-state index in [2.05, 4.69) is 46.0 Å². The van der Waals surface area contributed by atoms with Crippen molar-refractivity contribution in [1.82, 2.24) is 5.32 Å². The maximum Gasteiger partial charge on any atom is 0.306 e. The van der Waals surface area contributed by atoms with Crippen LogP contribution in [0.15, 0.2) is 11.6 Å². The first-order valence-electron chi connectivity index (χ1n) is 17.9. The van der Waals surface area contributed by atoms with Gasteiger partial charge in [-0.25, -0.2) is 0 Å². The Balaban J connectivity index is 1.24. The van der Waals surface area contributed by atoms with Crippen molar-refractivity contribution in [3.63, 3.8) is 0 Å². The third-order valence-electron chi connectivity index (χ3n) is 12.6. The van der Waals surface area contributed by atoms with Crippen molar-refractivity contribution in [1.29, 1.82) is 0 Å². The van der Waals surface area contributed by atoms with Gasteiger partial charge in [0.15, 0.2) is 0 Å². The molecule has 0 aromatic heterocycles. The summed E-state index contributed by atoms with van der Waals surface area (Å²) in [5.41, 5.74) is 2.48. The number of hydrogen-bond donors (Lipinski definition) is 2. The summed E-state index contributed by atoms with van der Waals surface area (Å²) in [6.07, 6.45) is 22.7. The third kappa shape index (κ3) is 8.00. The van der Waals surface area contributed by atoms with Gasteiger partial charge >= 0.3 is 5.97 Å². The molecule has 0 radical (unpaired) electrons. The lowest BCUT2D eigenvalue weighted by Gasteiger charge is -2.58. The molecular formula is C37H65NO3. The quantitative estimate of drug-likeness (QED) is 0.110. The number of esters is 1. The summed E-state index contributed by atoms with van der Waals surface area (Å²) in [4.78, 5) is 12.7. The molecular weight excluding hydrogens is 506 g/mol. The molecule has 3 fully saturated rings. The molecule has 8 unspecified atom stereocenters. The van der Waals surface area contributed by atoms with Gasteiger partial charge in [0.25, 0.3) is 0 Å². The van der Waals surface area contributed by atoms with Crippen molar-refractivity contribution in [3.8, 4) is 0 Å². The minimum Gasteiger partial charge on any atom is -0.462 e. The molecule has 8 atom stereocenters. The van der Waals surface area contributed by atoms with Crippen molar-refractivity contribution in [2.75, 3.05) is 19.7 Å². The normalized spacial score (nSPS) is 35.4.